The molecule has 5 nitrogen and oxygen atoms in total. The van der Waals surface area contributed by atoms with Crippen LogP contribution in [0.3, 0.4) is 0 Å². The number of nitro benzene ring substituents is 1. The van der Waals surface area contributed by atoms with Crippen LogP contribution in [0, 0.1) is 10.1 Å². The maximum atomic E-state index is 10.7. The number of aliphatic hydroxyl groups excluding tert-OH is 1. The van der Waals surface area contributed by atoms with E-state index in [1.54, 1.807) is 6.92 Å². The quantitative estimate of drug-likeness (QED) is 0.517. The molecule has 0 saturated heterocycles. The molecule has 2 aromatic carbocycles. The molecule has 2 radical (unpaired) electrons. The highest BCUT2D eigenvalue weighted by atomic mass is 16.6. The van der Waals surface area contributed by atoms with E-state index >= 15 is 0 Å². The molecule has 0 aliphatic heterocycles. The van der Waals surface area contributed by atoms with Crippen molar-refractivity contribution in [3.8, 4) is 5.75 Å². The van der Waals surface area contributed by atoms with Crippen molar-refractivity contribution in [2.24, 2.45) is 0 Å². The van der Waals surface area contributed by atoms with Crippen molar-refractivity contribution >= 4 is 19.0 Å². The fourth-order valence-electron chi connectivity index (χ4n) is 1.85. The Morgan fingerprint density at radius 3 is 2.48 bits per heavy atom. The standard InChI is InChI=1S/C15H14BNO4/c1-10(18)12-4-2-11(3-5-12)9-21-13-6-7-15(17(19)20)14(16)8-13/h2-8,10,18H,9H2,1H3. The number of hydrogen-bond donors (Lipinski definition) is 1. The maximum Gasteiger partial charge on any atom is 0.262 e. The van der Waals surface area contributed by atoms with Crippen molar-refractivity contribution in [2.75, 3.05) is 0 Å². The van der Waals surface area contributed by atoms with Gasteiger partial charge < -0.3 is 9.84 Å². The SMILES string of the molecule is [B]c1cc(OCc2ccc(C(C)O)cc2)ccc1[N+](=O)[O-]. The fraction of sp³-hybridized carbons (Fsp3) is 0.200. The topological polar surface area (TPSA) is 72.6 Å². The molecule has 0 spiro atoms. The van der Waals surface area contributed by atoms with E-state index in [0.29, 0.717) is 12.4 Å². The summed E-state index contributed by atoms with van der Waals surface area (Å²) in [5.41, 5.74) is 1.69. The smallest absolute Gasteiger partial charge is 0.262 e. The highest BCUT2D eigenvalue weighted by molar-refractivity contribution is 6.35. The molecular formula is C15H14BNO4. The molecule has 2 rings (SSSR count). The Labute approximate surface area is 123 Å². The molecule has 0 bridgehead atoms. The van der Waals surface area contributed by atoms with Gasteiger partial charge in [0.1, 0.15) is 20.2 Å². The van der Waals surface area contributed by atoms with Crippen LogP contribution >= 0.6 is 0 Å². The molecular weight excluding hydrogens is 269 g/mol. The minimum atomic E-state index is -0.534. The molecule has 2 aromatic rings. The highest BCUT2D eigenvalue weighted by Gasteiger charge is 2.10. The second-order valence-electron chi connectivity index (χ2n) is 4.68. The largest absolute Gasteiger partial charge is 0.489 e. The van der Waals surface area contributed by atoms with Gasteiger partial charge in [-0.25, -0.2) is 0 Å². The second-order valence-corrected chi connectivity index (χ2v) is 4.68. The third kappa shape index (κ3) is 3.82. The van der Waals surface area contributed by atoms with Crippen LogP contribution in [0.25, 0.3) is 0 Å². The molecule has 0 heterocycles. The average Bonchev–Trinajstić information content (AvgIpc) is 2.45. The minimum Gasteiger partial charge on any atom is -0.489 e. The van der Waals surface area contributed by atoms with Crippen molar-refractivity contribution < 1.29 is 14.8 Å². The molecule has 1 unspecified atom stereocenters. The van der Waals surface area contributed by atoms with Crippen molar-refractivity contribution in [1.82, 2.24) is 0 Å². The molecule has 0 aromatic heterocycles. The van der Waals surface area contributed by atoms with Crippen LogP contribution in [-0.4, -0.2) is 17.9 Å². The zero-order valence-corrected chi connectivity index (χ0v) is 11.5. The minimum absolute atomic E-state index is 0.0713. The molecule has 1 atom stereocenters. The zero-order chi connectivity index (χ0) is 15.4. The molecule has 0 aliphatic rings. The Bertz CT molecular complexity index is 641. The van der Waals surface area contributed by atoms with E-state index in [1.807, 2.05) is 24.3 Å². The lowest BCUT2D eigenvalue weighted by Crippen LogP contribution is -2.10. The maximum absolute atomic E-state index is 10.7. The highest BCUT2D eigenvalue weighted by Crippen LogP contribution is 2.17. The van der Waals surface area contributed by atoms with Crippen LogP contribution in [0.15, 0.2) is 42.5 Å². The van der Waals surface area contributed by atoms with Gasteiger partial charge in [0.05, 0.1) is 11.0 Å². The van der Waals surface area contributed by atoms with E-state index in [4.69, 9.17) is 12.6 Å². The van der Waals surface area contributed by atoms with Gasteiger partial charge >= 0.3 is 0 Å². The van der Waals surface area contributed by atoms with Crippen LogP contribution in [-0.2, 0) is 6.61 Å². The summed E-state index contributed by atoms with van der Waals surface area (Å²) < 4.78 is 5.54. The number of benzene rings is 2. The van der Waals surface area contributed by atoms with Crippen LogP contribution in [0.1, 0.15) is 24.2 Å². The van der Waals surface area contributed by atoms with Gasteiger partial charge in [-0.05, 0) is 35.6 Å². The summed E-state index contributed by atoms with van der Waals surface area (Å²) in [5, 5.41) is 20.1. The van der Waals surface area contributed by atoms with E-state index in [9.17, 15) is 15.2 Å². The van der Waals surface area contributed by atoms with Gasteiger partial charge in [0.25, 0.3) is 5.69 Å². The van der Waals surface area contributed by atoms with Gasteiger partial charge in [-0.1, -0.05) is 24.3 Å². The first-order valence-corrected chi connectivity index (χ1v) is 6.41. The van der Waals surface area contributed by atoms with E-state index in [0.717, 1.165) is 11.1 Å². The van der Waals surface area contributed by atoms with Gasteiger partial charge in [-0.15, -0.1) is 0 Å². The number of aliphatic hydroxyl groups is 1. The van der Waals surface area contributed by atoms with E-state index in [-0.39, 0.29) is 11.2 Å². The number of rotatable bonds is 5. The van der Waals surface area contributed by atoms with Crippen LogP contribution < -0.4 is 10.2 Å². The van der Waals surface area contributed by atoms with Gasteiger partial charge in [0, 0.05) is 6.07 Å². The first-order valence-electron chi connectivity index (χ1n) is 6.41. The summed E-state index contributed by atoms with van der Waals surface area (Å²) in [6, 6.07) is 11.6. The van der Waals surface area contributed by atoms with E-state index in [1.165, 1.54) is 18.2 Å². The predicted molar refractivity (Wildman–Crippen MR) is 79.9 cm³/mol. The van der Waals surface area contributed by atoms with Crippen LogP contribution in [0.5, 0.6) is 5.75 Å². The fourth-order valence-corrected chi connectivity index (χ4v) is 1.85. The lowest BCUT2D eigenvalue weighted by molar-refractivity contribution is -0.383. The van der Waals surface area contributed by atoms with Crippen LogP contribution in [0.2, 0.25) is 0 Å². The third-order valence-corrected chi connectivity index (χ3v) is 3.06. The average molecular weight is 283 g/mol. The number of nitrogens with zero attached hydrogens (tertiary/aromatic N) is 1. The molecule has 21 heavy (non-hydrogen) atoms. The molecule has 6 heteroatoms. The monoisotopic (exact) mass is 283 g/mol. The Hall–Kier alpha value is -2.34. The van der Waals surface area contributed by atoms with Crippen molar-refractivity contribution in [2.45, 2.75) is 19.6 Å². The van der Waals surface area contributed by atoms with Gasteiger partial charge in [-0.3, -0.25) is 10.1 Å². The lowest BCUT2D eigenvalue weighted by atomic mass is 9.94. The van der Waals surface area contributed by atoms with Crippen molar-refractivity contribution in [1.29, 1.82) is 0 Å². The number of ether oxygens (including phenoxy) is 1. The first-order chi connectivity index (χ1) is 9.97. The van der Waals surface area contributed by atoms with Crippen molar-refractivity contribution in [3.63, 3.8) is 0 Å². The van der Waals surface area contributed by atoms with Crippen LogP contribution in [0.4, 0.5) is 5.69 Å². The number of hydrogen-bond acceptors (Lipinski definition) is 4. The lowest BCUT2D eigenvalue weighted by Gasteiger charge is -2.09. The summed E-state index contributed by atoms with van der Waals surface area (Å²) in [6.07, 6.45) is -0.505. The van der Waals surface area contributed by atoms with E-state index in [2.05, 4.69) is 0 Å². The Morgan fingerprint density at radius 2 is 1.95 bits per heavy atom. The van der Waals surface area contributed by atoms with Gasteiger partial charge in [0.2, 0.25) is 0 Å². The molecule has 0 amide bonds. The molecule has 0 saturated carbocycles. The summed E-state index contributed by atoms with van der Waals surface area (Å²) in [4.78, 5) is 10.1. The van der Waals surface area contributed by atoms with E-state index < -0.39 is 11.0 Å². The first kappa shape index (κ1) is 15.1. The zero-order valence-electron chi connectivity index (χ0n) is 11.5. The Kier molecular flexibility index (Phi) is 4.60. The summed E-state index contributed by atoms with van der Waals surface area (Å²) >= 11 is 0. The summed E-state index contributed by atoms with van der Waals surface area (Å²) in [5.74, 6) is 0.470. The Balaban J connectivity index is 2.03. The molecule has 0 aliphatic carbocycles. The third-order valence-electron chi connectivity index (χ3n) is 3.06. The van der Waals surface area contributed by atoms with Gasteiger partial charge in [-0.2, -0.15) is 0 Å². The predicted octanol–water partition coefficient (Wildman–Crippen LogP) is 2.02. The molecule has 1 N–H and O–H groups in total. The number of nitro groups is 1. The Morgan fingerprint density at radius 1 is 1.29 bits per heavy atom. The normalized spacial score (nSPS) is 11.9. The van der Waals surface area contributed by atoms with Gasteiger partial charge in [0.15, 0.2) is 0 Å². The summed E-state index contributed by atoms with van der Waals surface area (Å²) in [7, 11) is 5.59. The second kappa shape index (κ2) is 6.41. The molecule has 106 valence electrons. The molecule has 0 fully saturated rings. The summed E-state index contributed by atoms with van der Waals surface area (Å²) in [6.45, 7) is 2.02. The van der Waals surface area contributed by atoms with Crippen molar-refractivity contribution in [3.05, 3.63) is 63.7 Å².